The van der Waals surface area contributed by atoms with Gasteiger partial charge in [0.15, 0.2) is 0 Å². The van der Waals surface area contributed by atoms with Crippen LogP contribution in [-0.2, 0) is 16.6 Å². The summed E-state index contributed by atoms with van der Waals surface area (Å²) >= 11 is 0. The van der Waals surface area contributed by atoms with E-state index in [1.54, 1.807) is 4.31 Å². The van der Waals surface area contributed by atoms with E-state index in [0.717, 1.165) is 18.7 Å². The molecule has 0 bridgehead atoms. The number of nitrogens with one attached hydrogen (secondary N) is 1. The zero-order valence-corrected chi connectivity index (χ0v) is 11.5. The van der Waals surface area contributed by atoms with E-state index in [0.29, 0.717) is 19.5 Å². The molecule has 0 radical (unpaired) electrons. The van der Waals surface area contributed by atoms with Crippen molar-refractivity contribution in [2.75, 3.05) is 25.4 Å². The molecule has 1 N–H and O–H groups in total. The molecule has 2 rings (SSSR count). The van der Waals surface area contributed by atoms with Crippen LogP contribution >= 0.6 is 0 Å². The molecule has 1 saturated heterocycles. The summed E-state index contributed by atoms with van der Waals surface area (Å²) in [6, 6.07) is 8.03. The Hall–Kier alpha value is -0.910. The van der Waals surface area contributed by atoms with Gasteiger partial charge in [-0.3, -0.25) is 0 Å². The van der Waals surface area contributed by atoms with E-state index in [9.17, 15) is 8.42 Å². The zero-order chi connectivity index (χ0) is 13.0. The topological polar surface area (TPSA) is 49.4 Å². The van der Waals surface area contributed by atoms with Gasteiger partial charge in [-0.25, -0.2) is 8.42 Å². The van der Waals surface area contributed by atoms with Crippen molar-refractivity contribution in [2.45, 2.75) is 19.9 Å². The molecule has 0 amide bonds. The van der Waals surface area contributed by atoms with Gasteiger partial charge in [-0.05, 0) is 25.5 Å². The third kappa shape index (κ3) is 3.54. The summed E-state index contributed by atoms with van der Waals surface area (Å²) in [4.78, 5) is 0. The molecule has 1 aromatic carbocycles. The largest absolute Gasteiger partial charge is 0.315 e. The number of hydrogen-bond donors (Lipinski definition) is 1. The van der Waals surface area contributed by atoms with Crippen molar-refractivity contribution in [3.63, 3.8) is 0 Å². The van der Waals surface area contributed by atoms with Crippen molar-refractivity contribution in [1.29, 1.82) is 0 Å². The van der Waals surface area contributed by atoms with Crippen molar-refractivity contribution < 1.29 is 8.42 Å². The Labute approximate surface area is 109 Å². The average molecular weight is 268 g/mol. The fourth-order valence-corrected chi connectivity index (χ4v) is 3.53. The zero-order valence-electron chi connectivity index (χ0n) is 10.7. The van der Waals surface area contributed by atoms with E-state index >= 15 is 0 Å². The maximum absolute atomic E-state index is 12.1. The highest BCUT2D eigenvalue weighted by Crippen LogP contribution is 2.12. The number of hydrogen-bond acceptors (Lipinski definition) is 3. The maximum Gasteiger partial charge on any atom is 0.214 e. The van der Waals surface area contributed by atoms with Crippen molar-refractivity contribution in [1.82, 2.24) is 9.62 Å². The molecule has 0 aliphatic carbocycles. The molecule has 100 valence electrons. The van der Waals surface area contributed by atoms with Crippen LogP contribution in [0.15, 0.2) is 24.3 Å². The molecule has 18 heavy (non-hydrogen) atoms. The lowest BCUT2D eigenvalue weighted by molar-refractivity contribution is 0.390. The highest BCUT2D eigenvalue weighted by molar-refractivity contribution is 7.89. The molecule has 0 saturated carbocycles. The third-order valence-corrected chi connectivity index (χ3v) is 5.07. The van der Waals surface area contributed by atoms with Gasteiger partial charge in [0, 0.05) is 19.6 Å². The van der Waals surface area contributed by atoms with Gasteiger partial charge in [0.05, 0.1) is 5.75 Å². The monoisotopic (exact) mass is 268 g/mol. The maximum atomic E-state index is 12.1. The number of sulfonamides is 1. The van der Waals surface area contributed by atoms with Crippen molar-refractivity contribution in [3.8, 4) is 0 Å². The first-order valence-corrected chi connectivity index (χ1v) is 7.93. The SMILES string of the molecule is Cc1ccc(CN2CCNCCCS2(=O)=O)cc1. The van der Waals surface area contributed by atoms with Gasteiger partial charge in [-0.2, -0.15) is 4.31 Å². The van der Waals surface area contributed by atoms with Crippen LogP contribution in [0.25, 0.3) is 0 Å². The summed E-state index contributed by atoms with van der Waals surface area (Å²) in [5.41, 5.74) is 2.24. The molecule has 1 aliphatic rings. The Kier molecular flexibility index (Phi) is 4.37. The van der Waals surface area contributed by atoms with Gasteiger partial charge in [0.25, 0.3) is 0 Å². The average Bonchev–Trinajstić information content (AvgIpc) is 2.32. The Morgan fingerprint density at radius 1 is 1.22 bits per heavy atom. The van der Waals surface area contributed by atoms with Gasteiger partial charge in [0.1, 0.15) is 0 Å². The van der Waals surface area contributed by atoms with Crippen molar-refractivity contribution in [3.05, 3.63) is 35.4 Å². The van der Waals surface area contributed by atoms with E-state index in [-0.39, 0.29) is 5.75 Å². The highest BCUT2D eigenvalue weighted by Gasteiger charge is 2.22. The van der Waals surface area contributed by atoms with Gasteiger partial charge in [-0.1, -0.05) is 29.8 Å². The number of aryl methyl sites for hydroxylation is 1. The normalized spacial score (nSPS) is 21.2. The van der Waals surface area contributed by atoms with Crippen LogP contribution in [-0.4, -0.2) is 38.1 Å². The fraction of sp³-hybridized carbons (Fsp3) is 0.538. The van der Waals surface area contributed by atoms with Crippen LogP contribution < -0.4 is 5.32 Å². The summed E-state index contributed by atoms with van der Waals surface area (Å²) in [5.74, 6) is 0.242. The first-order valence-electron chi connectivity index (χ1n) is 6.32. The fourth-order valence-electron chi connectivity index (χ4n) is 2.05. The molecule has 0 spiro atoms. The van der Waals surface area contributed by atoms with Crippen molar-refractivity contribution in [2.24, 2.45) is 0 Å². The van der Waals surface area contributed by atoms with Crippen LogP contribution in [0.3, 0.4) is 0 Å². The summed E-state index contributed by atoms with van der Waals surface area (Å²) in [6.45, 7) is 4.57. The van der Waals surface area contributed by atoms with E-state index < -0.39 is 10.0 Å². The Morgan fingerprint density at radius 3 is 2.67 bits per heavy atom. The molecule has 0 unspecified atom stereocenters. The molecule has 1 aromatic rings. The second kappa shape index (κ2) is 5.82. The molecule has 1 fully saturated rings. The lowest BCUT2D eigenvalue weighted by atomic mass is 10.1. The van der Waals surface area contributed by atoms with E-state index in [1.165, 1.54) is 5.56 Å². The minimum Gasteiger partial charge on any atom is -0.315 e. The molecule has 0 aromatic heterocycles. The molecule has 1 heterocycles. The molecular weight excluding hydrogens is 248 g/mol. The van der Waals surface area contributed by atoms with Gasteiger partial charge >= 0.3 is 0 Å². The molecule has 4 nitrogen and oxygen atoms in total. The van der Waals surface area contributed by atoms with E-state index in [2.05, 4.69) is 5.32 Å². The first kappa shape index (κ1) is 13.5. The molecule has 5 heteroatoms. The molecule has 0 atom stereocenters. The first-order chi connectivity index (χ1) is 8.58. The van der Waals surface area contributed by atoms with Gasteiger partial charge in [-0.15, -0.1) is 0 Å². The van der Waals surface area contributed by atoms with Gasteiger partial charge < -0.3 is 5.32 Å². The summed E-state index contributed by atoms with van der Waals surface area (Å²) in [6.07, 6.45) is 0.687. The minimum absolute atomic E-state index is 0.242. The quantitative estimate of drug-likeness (QED) is 0.874. The van der Waals surface area contributed by atoms with Crippen LogP contribution in [0.1, 0.15) is 17.5 Å². The predicted octanol–water partition coefficient (Wildman–Crippen LogP) is 1.12. The van der Waals surface area contributed by atoms with Crippen LogP contribution in [0.5, 0.6) is 0 Å². The molecular formula is C13H20N2O2S. The lowest BCUT2D eigenvalue weighted by Crippen LogP contribution is -2.41. The summed E-state index contributed by atoms with van der Waals surface area (Å²) in [7, 11) is -3.10. The Morgan fingerprint density at radius 2 is 1.94 bits per heavy atom. The Balaban J connectivity index is 2.11. The van der Waals surface area contributed by atoms with Crippen LogP contribution in [0.4, 0.5) is 0 Å². The van der Waals surface area contributed by atoms with Crippen molar-refractivity contribution >= 4 is 10.0 Å². The second-order valence-corrected chi connectivity index (χ2v) is 6.83. The van der Waals surface area contributed by atoms with E-state index in [1.807, 2.05) is 31.2 Å². The second-order valence-electron chi connectivity index (χ2n) is 4.74. The standard InChI is InChI=1S/C13H20N2O2S/c1-12-3-5-13(6-4-12)11-15-9-8-14-7-2-10-18(15,16)17/h3-6,14H,2,7-11H2,1H3. The number of benzene rings is 1. The Bertz CT molecular complexity index is 482. The van der Waals surface area contributed by atoms with Crippen LogP contribution in [0, 0.1) is 6.92 Å². The highest BCUT2D eigenvalue weighted by atomic mass is 32.2. The molecule has 1 aliphatic heterocycles. The lowest BCUT2D eigenvalue weighted by Gasteiger charge is -2.24. The third-order valence-electron chi connectivity index (χ3n) is 3.17. The van der Waals surface area contributed by atoms with E-state index in [4.69, 9.17) is 0 Å². The smallest absolute Gasteiger partial charge is 0.214 e. The van der Waals surface area contributed by atoms with Crippen LogP contribution in [0.2, 0.25) is 0 Å². The van der Waals surface area contributed by atoms with Gasteiger partial charge in [0.2, 0.25) is 10.0 Å². The predicted molar refractivity (Wildman–Crippen MR) is 72.9 cm³/mol. The summed E-state index contributed by atoms with van der Waals surface area (Å²) in [5, 5.41) is 3.24. The summed E-state index contributed by atoms with van der Waals surface area (Å²) < 4.78 is 25.8. The minimum atomic E-state index is -3.10. The number of nitrogens with zero attached hydrogens (tertiary/aromatic N) is 1. The number of rotatable bonds is 2.